The van der Waals surface area contributed by atoms with Gasteiger partial charge in [0.2, 0.25) is 5.91 Å². The van der Waals surface area contributed by atoms with E-state index >= 15 is 0 Å². The Hall–Kier alpha value is -2.53. The Morgan fingerprint density at radius 2 is 1.76 bits per heavy atom. The molecule has 154 valence electrons. The van der Waals surface area contributed by atoms with Crippen molar-refractivity contribution in [3.05, 3.63) is 54.1 Å². The lowest BCUT2D eigenvalue weighted by Crippen LogP contribution is -2.46. The first-order chi connectivity index (χ1) is 14.2. The quantitative estimate of drug-likeness (QED) is 0.785. The minimum Gasteiger partial charge on any atom is -0.486 e. The van der Waals surface area contributed by atoms with E-state index in [-0.39, 0.29) is 11.9 Å². The van der Waals surface area contributed by atoms with E-state index in [1.807, 2.05) is 53.4 Å². The zero-order valence-corrected chi connectivity index (χ0v) is 17.1. The fraction of sp³-hybridized carbons (Fsp3) is 0.458. The molecule has 4 rings (SSSR count). The molecule has 5 nitrogen and oxygen atoms in total. The molecule has 1 heterocycles. The average Bonchev–Trinajstić information content (AvgIpc) is 2.79. The van der Waals surface area contributed by atoms with Gasteiger partial charge in [-0.1, -0.05) is 43.5 Å². The van der Waals surface area contributed by atoms with Gasteiger partial charge in [-0.2, -0.15) is 0 Å². The van der Waals surface area contributed by atoms with Crippen LogP contribution in [0.3, 0.4) is 0 Å². The van der Waals surface area contributed by atoms with Crippen molar-refractivity contribution in [1.29, 1.82) is 0 Å². The second kappa shape index (κ2) is 9.31. The van der Waals surface area contributed by atoms with E-state index in [9.17, 15) is 4.79 Å². The zero-order chi connectivity index (χ0) is 20.1. The third-order valence-electron chi connectivity index (χ3n) is 5.87. The van der Waals surface area contributed by atoms with Gasteiger partial charge in [0.15, 0.2) is 11.5 Å². The number of ether oxygens (including phenoxy) is 2. The number of carbonyl (C=O) groups excluding carboxylic acids is 1. The molecule has 1 aliphatic carbocycles. The summed E-state index contributed by atoms with van der Waals surface area (Å²) in [7, 11) is 0. The number of hydrogen-bond donors (Lipinski definition) is 1. The van der Waals surface area contributed by atoms with E-state index < -0.39 is 0 Å². The highest BCUT2D eigenvalue weighted by Crippen LogP contribution is 2.32. The number of nitrogens with zero attached hydrogens (tertiary/aromatic N) is 1. The Morgan fingerprint density at radius 3 is 2.52 bits per heavy atom. The molecule has 0 bridgehead atoms. The van der Waals surface area contributed by atoms with Crippen LogP contribution in [0, 0.1) is 0 Å². The number of amides is 1. The predicted octanol–water partition coefficient (Wildman–Crippen LogP) is 4.47. The summed E-state index contributed by atoms with van der Waals surface area (Å²) in [5, 5.41) is 3.41. The largest absolute Gasteiger partial charge is 0.486 e. The van der Waals surface area contributed by atoms with Crippen LogP contribution < -0.4 is 19.7 Å². The molecule has 1 saturated carbocycles. The Labute approximate surface area is 173 Å². The van der Waals surface area contributed by atoms with Crippen LogP contribution in [-0.4, -0.2) is 31.7 Å². The molecule has 0 aromatic heterocycles. The first-order valence-corrected chi connectivity index (χ1v) is 10.7. The number of fused-ring (bicyclic) bond motifs is 1. The van der Waals surface area contributed by atoms with Gasteiger partial charge in [-0.15, -0.1) is 0 Å². The lowest BCUT2D eigenvalue weighted by molar-refractivity contribution is -0.118. The average molecular weight is 395 g/mol. The van der Waals surface area contributed by atoms with Crippen LogP contribution in [0.4, 0.5) is 5.69 Å². The van der Waals surface area contributed by atoms with Gasteiger partial charge in [0, 0.05) is 17.8 Å². The minimum atomic E-state index is 0.0405. The highest BCUT2D eigenvalue weighted by Gasteiger charge is 2.27. The molecule has 2 aliphatic rings. The second-order valence-corrected chi connectivity index (χ2v) is 7.90. The van der Waals surface area contributed by atoms with E-state index in [4.69, 9.17) is 9.47 Å². The number of anilines is 1. The lowest BCUT2D eigenvalue weighted by atomic mass is 9.93. The number of rotatable bonds is 6. The molecule has 1 unspecified atom stereocenters. The standard InChI is InChI=1S/C24H30N2O3/c1-18(19-12-13-22-23(16-19)29-15-14-28-22)25-17-24(27)26(20-8-4-2-5-9-20)21-10-6-3-7-11-21/h2,4-5,8-9,12-13,16,18,21,25H,3,6-7,10-11,14-15,17H2,1H3. The van der Waals surface area contributed by atoms with Crippen molar-refractivity contribution >= 4 is 11.6 Å². The SMILES string of the molecule is CC(NCC(=O)N(c1ccccc1)C1CCCCC1)c1ccc2c(c1)OCCO2. The Bertz CT molecular complexity index is 818. The van der Waals surface area contributed by atoms with Gasteiger partial charge in [0.05, 0.1) is 6.54 Å². The molecule has 5 heteroatoms. The summed E-state index contributed by atoms with van der Waals surface area (Å²) in [6.45, 7) is 3.54. The summed E-state index contributed by atoms with van der Waals surface area (Å²) < 4.78 is 11.3. The molecule has 1 fully saturated rings. The smallest absolute Gasteiger partial charge is 0.241 e. The summed E-state index contributed by atoms with van der Waals surface area (Å²) in [6, 6.07) is 16.4. The van der Waals surface area contributed by atoms with Crippen LogP contribution in [0.1, 0.15) is 50.6 Å². The van der Waals surface area contributed by atoms with Crippen LogP contribution in [0.5, 0.6) is 11.5 Å². The van der Waals surface area contributed by atoms with Crippen LogP contribution in [0.2, 0.25) is 0 Å². The molecule has 1 N–H and O–H groups in total. The highest BCUT2D eigenvalue weighted by atomic mass is 16.6. The minimum absolute atomic E-state index is 0.0405. The van der Waals surface area contributed by atoms with Crippen molar-refractivity contribution in [2.45, 2.75) is 51.1 Å². The van der Waals surface area contributed by atoms with Gasteiger partial charge in [0.25, 0.3) is 0 Å². The van der Waals surface area contributed by atoms with Crippen molar-refractivity contribution in [2.24, 2.45) is 0 Å². The summed E-state index contributed by atoms with van der Waals surface area (Å²) in [4.78, 5) is 15.2. The molecular formula is C24H30N2O3. The molecule has 29 heavy (non-hydrogen) atoms. The first kappa shape index (κ1) is 19.8. The van der Waals surface area contributed by atoms with E-state index in [2.05, 4.69) is 12.2 Å². The van der Waals surface area contributed by atoms with Crippen molar-refractivity contribution in [1.82, 2.24) is 5.32 Å². The summed E-state index contributed by atoms with van der Waals surface area (Å²) >= 11 is 0. The zero-order valence-electron chi connectivity index (χ0n) is 17.1. The number of hydrogen-bond acceptors (Lipinski definition) is 4. The molecule has 1 amide bonds. The third kappa shape index (κ3) is 4.73. The highest BCUT2D eigenvalue weighted by molar-refractivity contribution is 5.95. The van der Waals surface area contributed by atoms with Gasteiger partial charge in [0.1, 0.15) is 13.2 Å². The van der Waals surface area contributed by atoms with E-state index in [1.54, 1.807) is 0 Å². The molecule has 0 radical (unpaired) electrons. The van der Waals surface area contributed by atoms with Crippen molar-refractivity contribution in [2.75, 3.05) is 24.7 Å². The Balaban J connectivity index is 1.43. The Morgan fingerprint density at radius 1 is 1.03 bits per heavy atom. The third-order valence-corrected chi connectivity index (χ3v) is 5.87. The maximum atomic E-state index is 13.2. The van der Waals surface area contributed by atoms with E-state index in [1.165, 1.54) is 19.3 Å². The normalized spacial score (nSPS) is 17.6. The maximum Gasteiger partial charge on any atom is 0.241 e. The van der Waals surface area contributed by atoms with Crippen LogP contribution in [-0.2, 0) is 4.79 Å². The molecule has 0 spiro atoms. The summed E-state index contributed by atoms with van der Waals surface area (Å²) in [5.41, 5.74) is 2.09. The number of benzene rings is 2. The fourth-order valence-corrected chi connectivity index (χ4v) is 4.26. The van der Waals surface area contributed by atoms with E-state index in [0.717, 1.165) is 35.6 Å². The van der Waals surface area contributed by atoms with Gasteiger partial charge in [-0.05, 0) is 49.6 Å². The second-order valence-electron chi connectivity index (χ2n) is 7.90. The Kier molecular flexibility index (Phi) is 6.35. The monoisotopic (exact) mass is 394 g/mol. The number of carbonyl (C=O) groups is 1. The topological polar surface area (TPSA) is 50.8 Å². The summed E-state index contributed by atoms with van der Waals surface area (Å²) in [6.07, 6.45) is 5.83. The summed E-state index contributed by atoms with van der Waals surface area (Å²) in [5.74, 6) is 1.70. The van der Waals surface area contributed by atoms with Gasteiger partial charge < -0.3 is 19.7 Å². The van der Waals surface area contributed by atoms with Crippen molar-refractivity contribution in [3.63, 3.8) is 0 Å². The predicted molar refractivity (Wildman–Crippen MR) is 115 cm³/mol. The van der Waals surface area contributed by atoms with Crippen LogP contribution >= 0.6 is 0 Å². The van der Waals surface area contributed by atoms with Crippen molar-refractivity contribution in [3.8, 4) is 11.5 Å². The maximum absolute atomic E-state index is 13.2. The molecular weight excluding hydrogens is 364 g/mol. The fourth-order valence-electron chi connectivity index (χ4n) is 4.26. The molecule has 2 aromatic rings. The van der Waals surface area contributed by atoms with Crippen LogP contribution in [0.15, 0.2) is 48.5 Å². The molecule has 1 aliphatic heterocycles. The van der Waals surface area contributed by atoms with Crippen LogP contribution in [0.25, 0.3) is 0 Å². The van der Waals surface area contributed by atoms with Gasteiger partial charge in [-0.3, -0.25) is 4.79 Å². The van der Waals surface area contributed by atoms with Crippen molar-refractivity contribution < 1.29 is 14.3 Å². The molecule has 2 aromatic carbocycles. The number of para-hydroxylation sites is 1. The van der Waals surface area contributed by atoms with Gasteiger partial charge in [-0.25, -0.2) is 0 Å². The lowest BCUT2D eigenvalue weighted by Gasteiger charge is -2.35. The number of nitrogens with one attached hydrogen (secondary N) is 1. The first-order valence-electron chi connectivity index (χ1n) is 10.7. The molecule has 0 saturated heterocycles. The molecule has 1 atom stereocenters. The van der Waals surface area contributed by atoms with Gasteiger partial charge >= 0.3 is 0 Å². The van der Waals surface area contributed by atoms with E-state index in [0.29, 0.717) is 25.8 Å².